The molecule has 3 atom stereocenters. The molecular formula is C33H41N3O5. The van der Waals surface area contributed by atoms with E-state index in [2.05, 4.69) is 0 Å². The maximum Gasteiger partial charge on any atom is 0.264 e. The molecule has 2 N–H and O–H groups in total. The average molecular weight is 560 g/mol. The van der Waals surface area contributed by atoms with Gasteiger partial charge in [0.1, 0.15) is 0 Å². The summed E-state index contributed by atoms with van der Waals surface area (Å²) >= 11 is 0. The van der Waals surface area contributed by atoms with Crippen LogP contribution in [-0.4, -0.2) is 58.6 Å². The molecule has 0 unspecified atom stereocenters. The number of hydrogen-bond donors (Lipinski definition) is 2. The van der Waals surface area contributed by atoms with Gasteiger partial charge in [-0.3, -0.25) is 14.4 Å². The lowest BCUT2D eigenvalue weighted by Crippen LogP contribution is -2.44. The molecule has 0 spiro atoms. The molecule has 2 aromatic carbocycles. The van der Waals surface area contributed by atoms with E-state index in [-0.39, 0.29) is 30.9 Å². The van der Waals surface area contributed by atoms with Crippen LogP contribution in [-0.2, 0) is 26.5 Å². The van der Waals surface area contributed by atoms with E-state index in [1.54, 1.807) is 33.8 Å². The minimum absolute atomic E-state index is 0.0456. The van der Waals surface area contributed by atoms with Crippen molar-refractivity contribution in [1.29, 1.82) is 0 Å². The van der Waals surface area contributed by atoms with Gasteiger partial charge < -0.3 is 24.9 Å². The molecule has 0 saturated carbocycles. The third-order valence-electron chi connectivity index (χ3n) is 8.86. The van der Waals surface area contributed by atoms with Crippen molar-refractivity contribution < 1.29 is 24.6 Å². The summed E-state index contributed by atoms with van der Waals surface area (Å²) < 4.78 is 0. The number of anilines is 2. The van der Waals surface area contributed by atoms with Crippen LogP contribution in [0.4, 0.5) is 11.4 Å². The molecule has 3 amide bonds. The Morgan fingerprint density at radius 2 is 1.83 bits per heavy atom. The lowest BCUT2D eigenvalue weighted by atomic mass is 9.82. The van der Waals surface area contributed by atoms with Gasteiger partial charge in [0.2, 0.25) is 11.8 Å². The molecule has 0 bridgehead atoms. The Morgan fingerprint density at radius 3 is 2.61 bits per heavy atom. The lowest BCUT2D eigenvalue weighted by molar-refractivity contribution is -0.139. The number of hydrogen-bond acceptors (Lipinski definition) is 5. The Bertz CT molecular complexity index is 1300. The SMILES string of the molecule is C[C@@H](/C=C/CC(=O)N1CCC[C@H]1CO)[C@]1(O)C(=O)N(Cc2ccccc2)c2ccc(N3CCCCCCC3=O)cc21. The van der Waals surface area contributed by atoms with Crippen molar-refractivity contribution in [3.8, 4) is 0 Å². The largest absolute Gasteiger partial charge is 0.394 e. The van der Waals surface area contributed by atoms with E-state index in [0.717, 1.165) is 44.1 Å². The van der Waals surface area contributed by atoms with E-state index < -0.39 is 17.4 Å². The molecule has 0 radical (unpaired) electrons. The van der Waals surface area contributed by atoms with Gasteiger partial charge in [0.15, 0.2) is 5.60 Å². The molecule has 8 nitrogen and oxygen atoms in total. The van der Waals surface area contributed by atoms with Crippen LogP contribution in [0.15, 0.2) is 60.7 Å². The molecule has 41 heavy (non-hydrogen) atoms. The van der Waals surface area contributed by atoms with Crippen molar-refractivity contribution in [3.05, 3.63) is 71.8 Å². The molecule has 3 heterocycles. The van der Waals surface area contributed by atoms with Crippen molar-refractivity contribution in [3.63, 3.8) is 0 Å². The van der Waals surface area contributed by atoms with E-state index >= 15 is 0 Å². The summed E-state index contributed by atoms with van der Waals surface area (Å²) in [5, 5.41) is 21.8. The second kappa shape index (κ2) is 12.6. The number of aliphatic hydroxyl groups is 2. The first-order valence-electron chi connectivity index (χ1n) is 14.9. The Balaban J connectivity index is 1.45. The Kier molecular flexibility index (Phi) is 8.90. The monoisotopic (exact) mass is 559 g/mol. The minimum Gasteiger partial charge on any atom is -0.394 e. The van der Waals surface area contributed by atoms with Crippen LogP contribution < -0.4 is 9.80 Å². The number of benzene rings is 2. The number of fused-ring (bicyclic) bond motifs is 1. The summed E-state index contributed by atoms with van der Waals surface area (Å²) in [5.74, 6) is -1.06. The number of carbonyl (C=O) groups excluding carboxylic acids is 3. The standard InChI is InChI=1S/C33H41N3O5/c1-24(11-9-16-31(39)35-20-10-14-27(35)23-37)33(41)28-21-26(34-19-8-3-2-7-15-30(34)38)17-18-29(28)36(32(33)40)22-25-12-5-4-6-13-25/h4-6,9,11-13,17-18,21,24,27,37,41H,2-3,7-8,10,14-16,19-20,22-23H2,1H3/b11-9+/t24-,27-,33+/m0/s1. The number of nitrogens with zero attached hydrogens (tertiary/aromatic N) is 3. The summed E-state index contributed by atoms with van der Waals surface area (Å²) in [6.07, 6.45) is 9.65. The van der Waals surface area contributed by atoms with Crippen molar-refractivity contribution in [2.24, 2.45) is 5.92 Å². The Labute approximate surface area is 242 Å². The van der Waals surface area contributed by atoms with Crippen LogP contribution in [0, 0.1) is 5.92 Å². The van der Waals surface area contributed by atoms with Crippen molar-refractivity contribution in [2.45, 2.75) is 76.5 Å². The van der Waals surface area contributed by atoms with E-state index in [1.165, 1.54) is 0 Å². The van der Waals surface area contributed by atoms with Gasteiger partial charge in [-0.05, 0) is 49.4 Å². The zero-order chi connectivity index (χ0) is 29.0. The first-order chi connectivity index (χ1) is 19.8. The molecule has 8 heteroatoms. The van der Waals surface area contributed by atoms with Crippen LogP contribution in [0.5, 0.6) is 0 Å². The molecule has 5 rings (SSSR count). The van der Waals surface area contributed by atoms with Crippen LogP contribution >= 0.6 is 0 Å². The molecule has 0 aliphatic carbocycles. The number of aliphatic hydroxyl groups excluding tert-OH is 1. The summed E-state index contributed by atoms with van der Waals surface area (Å²) in [6.45, 7) is 3.30. The summed E-state index contributed by atoms with van der Waals surface area (Å²) in [7, 11) is 0. The van der Waals surface area contributed by atoms with Gasteiger partial charge >= 0.3 is 0 Å². The number of likely N-dealkylation sites (tertiary alicyclic amines) is 1. The molecule has 218 valence electrons. The van der Waals surface area contributed by atoms with E-state index in [9.17, 15) is 24.6 Å². The van der Waals surface area contributed by atoms with Gasteiger partial charge in [-0.1, -0.05) is 62.2 Å². The molecule has 2 aromatic rings. The lowest BCUT2D eigenvalue weighted by Gasteiger charge is -2.29. The summed E-state index contributed by atoms with van der Waals surface area (Å²) in [6, 6.07) is 15.0. The zero-order valence-corrected chi connectivity index (χ0v) is 23.9. The minimum atomic E-state index is -1.85. The first kappa shape index (κ1) is 29.0. The zero-order valence-electron chi connectivity index (χ0n) is 23.9. The van der Waals surface area contributed by atoms with E-state index in [4.69, 9.17) is 0 Å². The molecule has 2 fully saturated rings. The van der Waals surface area contributed by atoms with Gasteiger partial charge in [-0.25, -0.2) is 0 Å². The summed E-state index contributed by atoms with van der Waals surface area (Å²) in [4.78, 5) is 45.0. The van der Waals surface area contributed by atoms with Crippen LogP contribution in [0.3, 0.4) is 0 Å². The normalized spacial score (nSPS) is 24.1. The molecule has 3 aliphatic rings. The number of rotatable bonds is 8. The Morgan fingerprint density at radius 1 is 1.05 bits per heavy atom. The maximum atomic E-state index is 14.0. The second-order valence-corrected chi connectivity index (χ2v) is 11.5. The Hall–Kier alpha value is -3.49. The maximum absolute atomic E-state index is 14.0. The van der Waals surface area contributed by atoms with Gasteiger partial charge in [-0.15, -0.1) is 0 Å². The fourth-order valence-electron chi connectivity index (χ4n) is 6.44. The highest BCUT2D eigenvalue weighted by Crippen LogP contribution is 2.47. The smallest absolute Gasteiger partial charge is 0.264 e. The van der Waals surface area contributed by atoms with Crippen LogP contribution in [0.1, 0.15) is 69.4 Å². The van der Waals surface area contributed by atoms with Crippen molar-refractivity contribution >= 4 is 29.1 Å². The molecule has 2 saturated heterocycles. The van der Waals surface area contributed by atoms with Crippen molar-refractivity contribution in [2.75, 3.05) is 29.5 Å². The fraction of sp³-hybridized carbons (Fsp3) is 0.485. The quantitative estimate of drug-likeness (QED) is 0.470. The number of amides is 3. The van der Waals surface area contributed by atoms with Gasteiger partial charge in [0.05, 0.1) is 24.9 Å². The van der Waals surface area contributed by atoms with E-state index in [0.29, 0.717) is 43.0 Å². The van der Waals surface area contributed by atoms with Gasteiger partial charge in [-0.2, -0.15) is 0 Å². The molecular weight excluding hydrogens is 518 g/mol. The second-order valence-electron chi connectivity index (χ2n) is 11.5. The highest BCUT2D eigenvalue weighted by atomic mass is 16.3. The number of carbonyl (C=O) groups is 3. The van der Waals surface area contributed by atoms with Gasteiger partial charge in [0, 0.05) is 43.1 Å². The average Bonchev–Trinajstić information content (AvgIpc) is 3.54. The third kappa shape index (κ3) is 5.81. The third-order valence-corrected chi connectivity index (χ3v) is 8.86. The highest BCUT2D eigenvalue weighted by Gasteiger charge is 2.52. The fourth-order valence-corrected chi connectivity index (χ4v) is 6.44. The van der Waals surface area contributed by atoms with Gasteiger partial charge in [0.25, 0.3) is 5.91 Å². The molecule has 3 aliphatic heterocycles. The predicted octanol–water partition coefficient (Wildman–Crippen LogP) is 4.28. The predicted molar refractivity (Wildman–Crippen MR) is 158 cm³/mol. The highest BCUT2D eigenvalue weighted by molar-refractivity contribution is 6.08. The van der Waals surface area contributed by atoms with Crippen LogP contribution in [0.25, 0.3) is 0 Å². The molecule has 0 aromatic heterocycles. The van der Waals surface area contributed by atoms with Crippen LogP contribution in [0.2, 0.25) is 0 Å². The van der Waals surface area contributed by atoms with Crippen molar-refractivity contribution in [1.82, 2.24) is 4.90 Å². The first-order valence-corrected chi connectivity index (χ1v) is 14.9. The van der Waals surface area contributed by atoms with E-state index in [1.807, 2.05) is 48.5 Å². The topological polar surface area (TPSA) is 101 Å². The summed E-state index contributed by atoms with van der Waals surface area (Å²) in [5.41, 5.74) is 0.890.